The molecule has 0 radical (unpaired) electrons. The molecule has 0 spiro atoms. The number of rotatable bonds is 3. The van der Waals surface area contributed by atoms with E-state index in [4.69, 9.17) is 5.10 Å². The Hall–Kier alpha value is -2.73. The molecule has 0 fully saturated rings. The highest BCUT2D eigenvalue weighted by Gasteiger charge is 2.21. The number of benzene rings is 2. The van der Waals surface area contributed by atoms with Crippen LogP contribution in [-0.2, 0) is 5.41 Å². The molecule has 0 aliphatic carbocycles. The van der Waals surface area contributed by atoms with Gasteiger partial charge in [-0.05, 0) is 40.2 Å². The van der Waals surface area contributed by atoms with Crippen LogP contribution < -0.4 is 5.32 Å². The highest BCUT2D eigenvalue weighted by atomic mass is 79.9. The molecular weight excluding hydrogens is 402 g/mol. The summed E-state index contributed by atoms with van der Waals surface area (Å²) in [6.07, 6.45) is 1.75. The van der Waals surface area contributed by atoms with E-state index >= 15 is 0 Å². The molecule has 0 saturated heterocycles. The van der Waals surface area contributed by atoms with Crippen molar-refractivity contribution < 1.29 is 0 Å². The molecule has 2 heterocycles. The molecule has 5 nitrogen and oxygen atoms in total. The number of halogens is 1. The Kier molecular flexibility index (Phi) is 4.44. The monoisotopic (exact) mass is 421 g/mol. The molecule has 0 bridgehead atoms. The van der Waals surface area contributed by atoms with Crippen molar-refractivity contribution in [1.82, 2.24) is 19.7 Å². The molecule has 0 aliphatic heterocycles. The van der Waals surface area contributed by atoms with E-state index in [1.807, 2.05) is 53.2 Å². The summed E-state index contributed by atoms with van der Waals surface area (Å²) in [5.41, 5.74) is 3.61. The molecular formula is C21H20BrN5. The molecule has 0 saturated carbocycles. The van der Waals surface area contributed by atoms with Gasteiger partial charge in [0.05, 0.1) is 28.6 Å². The van der Waals surface area contributed by atoms with E-state index in [9.17, 15) is 0 Å². The second-order valence-corrected chi connectivity index (χ2v) is 8.25. The summed E-state index contributed by atoms with van der Waals surface area (Å²) in [5.74, 6) is 1.53. The summed E-state index contributed by atoms with van der Waals surface area (Å²) in [5, 5.41) is 8.24. The number of nitrogens with one attached hydrogen (secondary N) is 1. The zero-order valence-electron chi connectivity index (χ0n) is 15.4. The maximum atomic E-state index is 4.85. The van der Waals surface area contributed by atoms with Crippen LogP contribution in [0.25, 0.3) is 16.7 Å². The van der Waals surface area contributed by atoms with Crippen molar-refractivity contribution in [3.63, 3.8) is 0 Å². The fourth-order valence-corrected chi connectivity index (χ4v) is 3.25. The second kappa shape index (κ2) is 6.78. The van der Waals surface area contributed by atoms with Gasteiger partial charge in [-0.2, -0.15) is 5.10 Å². The van der Waals surface area contributed by atoms with E-state index in [0.29, 0.717) is 5.82 Å². The van der Waals surface area contributed by atoms with Gasteiger partial charge >= 0.3 is 0 Å². The summed E-state index contributed by atoms with van der Waals surface area (Å²) < 4.78 is 2.88. The summed E-state index contributed by atoms with van der Waals surface area (Å²) in [7, 11) is 0. The molecule has 2 aromatic heterocycles. The summed E-state index contributed by atoms with van der Waals surface area (Å²) in [6.45, 7) is 6.46. The van der Waals surface area contributed by atoms with E-state index in [1.165, 1.54) is 0 Å². The Labute approximate surface area is 166 Å². The molecule has 0 unspecified atom stereocenters. The first-order valence-corrected chi connectivity index (χ1v) is 9.55. The smallest absolute Gasteiger partial charge is 0.150 e. The van der Waals surface area contributed by atoms with Gasteiger partial charge in [0.1, 0.15) is 5.82 Å². The number of para-hydroxylation sites is 3. The minimum Gasteiger partial charge on any atom is -0.324 e. The van der Waals surface area contributed by atoms with Crippen LogP contribution in [0.2, 0.25) is 0 Å². The molecule has 6 heteroatoms. The average Bonchev–Trinajstić information content (AvgIpc) is 3.06. The number of hydrogen-bond acceptors (Lipinski definition) is 4. The van der Waals surface area contributed by atoms with Gasteiger partial charge in [-0.15, -0.1) is 0 Å². The third-order valence-corrected chi connectivity index (χ3v) is 4.93. The van der Waals surface area contributed by atoms with Gasteiger partial charge in [-0.3, -0.25) is 4.98 Å². The summed E-state index contributed by atoms with van der Waals surface area (Å²) in [4.78, 5) is 9.16. The molecule has 2 aromatic carbocycles. The van der Waals surface area contributed by atoms with Gasteiger partial charge in [0.2, 0.25) is 0 Å². The van der Waals surface area contributed by atoms with Gasteiger partial charge in [0.15, 0.2) is 5.82 Å². The first-order valence-electron chi connectivity index (χ1n) is 8.76. The van der Waals surface area contributed by atoms with Crippen LogP contribution in [0.3, 0.4) is 0 Å². The third kappa shape index (κ3) is 3.57. The molecule has 0 atom stereocenters. The lowest BCUT2D eigenvalue weighted by Crippen LogP contribution is -2.12. The van der Waals surface area contributed by atoms with E-state index in [-0.39, 0.29) is 5.41 Å². The molecule has 27 heavy (non-hydrogen) atoms. The van der Waals surface area contributed by atoms with E-state index in [0.717, 1.165) is 32.7 Å². The second-order valence-electron chi connectivity index (χ2n) is 7.40. The fraction of sp³-hybridized carbons (Fsp3) is 0.190. The molecule has 4 rings (SSSR count). The van der Waals surface area contributed by atoms with Gasteiger partial charge in [-0.25, -0.2) is 9.67 Å². The standard InChI is InChI=1S/C21H20BrN5/c1-21(2,3)18-12-20(27(26-18)17-11-7-4-8-14(17)22)25-19-13-23-15-9-5-6-10-16(15)24-19/h4-13H,1-3H3,(H,24,25). The summed E-state index contributed by atoms with van der Waals surface area (Å²) >= 11 is 3.63. The topological polar surface area (TPSA) is 55.6 Å². The number of aromatic nitrogens is 4. The number of hydrogen-bond donors (Lipinski definition) is 1. The van der Waals surface area contributed by atoms with Crippen LogP contribution in [-0.4, -0.2) is 19.7 Å². The summed E-state index contributed by atoms with van der Waals surface area (Å²) in [6, 6.07) is 17.9. The number of nitrogens with zero attached hydrogens (tertiary/aromatic N) is 4. The first kappa shape index (κ1) is 17.7. The lowest BCUT2D eigenvalue weighted by Gasteiger charge is -2.14. The van der Waals surface area contributed by atoms with E-state index in [2.05, 4.69) is 58.1 Å². The minimum absolute atomic E-state index is 0.0714. The Bertz CT molecular complexity index is 1110. The molecule has 4 aromatic rings. The quantitative estimate of drug-likeness (QED) is 0.466. The normalized spacial score (nSPS) is 11.7. The highest BCUT2D eigenvalue weighted by molar-refractivity contribution is 9.10. The maximum absolute atomic E-state index is 4.85. The lowest BCUT2D eigenvalue weighted by molar-refractivity contribution is 0.560. The molecule has 136 valence electrons. The molecule has 0 amide bonds. The Morgan fingerprint density at radius 1 is 0.963 bits per heavy atom. The molecule has 0 aliphatic rings. The van der Waals surface area contributed by atoms with Crippen molar-refractivity contribution in [3.05, 3.63) is 71.0 Å². The van der Waals surface area contributed by atoms with Crippen molar-refractivity contribution in [3.8, 4) is 5.69 Å². The Balaban J connectivity index is 1.80. The number of fused-ring (bicyclic) bond motifs is 1. The van der Waals surface area contributed by atoms with Gasteiger partial charge in [-0.1, -0.05) is 45.0 Å². The first-order chi connectivity index (χ1) is 12.9. The fourth-order valence-electron chi connectivity index (χ4n) is 2.79. The van der Waals surface area contributed by atoms with E-state index in [1.54, 1.807) is 6.20 Å². The lowest BCUT2D eigenvalue weighted by atomic mass is 9.92. The van der Waals surface area contributed by atoms with Gasteiger partial charge < -0.3 is 5.32 Å². The van der Waals surface area contributed by atoms with Crippen molar-refractivity contribution in [1.29, 1.82) is 0 Å². The van der Waals surface area contributed by atoms with Crippen molar-refractivity contribution in [2.75, 3.05) is 5.32 Å². The van der Waals surface area contributed by atoms with Crippen LogP contribution in [0.5, 0.6) is 0 Å². The Morgan fingerprint density at radius 2 is 1.67 bits per heavy atom. The van der Waals surface area contributed by atoms with Crippen LogP contribution in [0.4, 0.5) is 11.6 Å². The highest BCUT2D eigenvalue weighted by Crippen LogP contribution is 2.30. The van der Waals surface area contributed by atoms with Gasteiger partial charge in [0, 0.05) is 16.0 Å². The van der Waals surface area contributed by atoms with Crippen LogP contribution in [0, 0.1) is 0 Å². The van der Waals surface area contributed by atoms with Gasteiger partial charge in [0.25, 0.3) is 0 Å². The van der Waals surface area contributed by atoms with Crippen molar-refractivity contribution in [2.45, 2.75) is 26.2 Å². The average molecular weight is 422 g/mol. The maximum Gasteiger partial charge on any atom is 0.150 e. The van der Waals surface area contributed by atoms with Crippen molar-refractivity contribution in [2.24, 2.45) is 0 Å². The predicted molar refractivity (Wildman–Crippen MR) is 113 cm³/mol. The SMILES string of the molecule is CC(C)(C)c1cc(Nc2cnc3ccccc3n2)n(-c2ccccc2Br)n1. The van der Waals surface area contributed by atoms with Crippen LogP contribution in [0.15, 0.2) is 65.3 Å². The zero-order chi connectivity index (χ0) is 19.0. The molecule has 1 N–H and O–H groups in total. The largest absolute Gasteiger partial charge is 0.324 e. The zero-order valence-corrected chi connectivity index (χ0v) is 17.0. The predicted octanol–water partition coefficient (Wildman–Crippen LogP) is 5.62. The van der Waals surface area contributed by atoms with Crippen molar-refractivity contribution >= 4 is 38.6 Å². The van der Waals surface area contributed by atoms with Crippen LogP contribution in [0.1, 0.15) is 26.5 Å². The minimum atomic E-state index is -0.0714. The van der Waals surface area contributed by atoms with Crippen LogP contribution >= 0.6 is 15.9 Å². The van der Waals surface area contributed by atoms with E-state index < -0.39 is 0 Å². The Morgan fingerprint density at radius 3 is 2.41 bits per heavy atom. The third-order valence-electron chi connectivity index (χ3n) is 4.26. The number of anilines is 2.